The molecule has 4 rings (SSSR count). The first-order valence-electron chi connectivity index (χ1n) is 10.1. The minimum atomic E-state index is -0.172. The second kappa shape index (κ2) is 8.46. The van der Waals surface area contributed by atoms with Gasteiger partial charge in [0.2, 0.25) is 11.1 Å². The van der Waals surface area contributed by atoms with Gasteiger partial charge < -0.3 is 4.90 Å². The summed E-state index contributed by atoms with van der Waals surface area (Å²) in [6, 6.07) is 8.41. The van der Waals surface area contributed by atoms with Crippen LogP contribution in [0.4, 0.5) is 0 Å². The number of aromatic nitrogens is 3. The largest absolute Gasteiger partial charge is 0.337 e. The Hall–Kier alpha value is -1.82. The molecule has 1 amide bonds. The molecule has 2 aromatic rings. The molecule has 0 saturated heterocycles. The molecule has 0 unspecified atom stereocenters. The molecule has 6 heteroatoms. The molecule has 5 nitrogen and oxygen atoms in total. The third kappa shape index (κ3) is 4.54. The molecule has 1 aromatic carbocycles. The second-order valence-corrected chi connectivity index (χ2v) is 9.10. The van der Waals surface area contributed by atoms with Gasteiger partial charge in [-0.3, -0.25) is 9.89 Å². The lowest BCUT2D eigenvalue weighted by Gasteiger charge is -2.30. The number of rotatable bonds is 6. The molecule has 1 aromatic heterocycles. The smallest absolute Gasteiger partial charge is 0.236 e. The predicted octanol–water partition coefficient (Wildman–Crippen LogP) is 3.99. The molecule has 1 aliphatic carbocycles. The molecular formula is C21H28N4OS. The topological polar surface area (TPSA) is 61.9 Å². The lowest BCUT2D eigenvalue weighted by Crippen LogP contribution is -2.40. The van der Waals surface area contributed by atoms with E-state index < -0.39 is 0 Å². The van der Waals surface area contributed by atoms with Crippen LogP contribution in [-0.2, 0) is 24.2 Å². The number of thioether (sulfide) groups is 1. The van der Waals surface area contributed by atoms with Crippen LogP contribution in [-0.4, -0.2) is 37.8 Å². The van der Waals surface area contributed by atoms with Crippen LogP contribution in [0, 0.1) is 5.92 Å². The maximum atomic E-state index is 12.9. The average molecular weight is 385 g/mol. The average Bonchev–Trinajstić information content (AvgIpc) is 3.37. The Bertz CT molecular complexity index is 784. The maximum Gasteiger partial charge on any atom is 0.236 e. The molecule has 2 heterocycles. The van der Waals surface area contributed by atoms with Crippen LogP contribution >= 0.6 is 11.8 Å². The fourth-order valence-corrected chi connectivity index (χ4v) is 5.06. The summed E-state index contributed by atoms with van der Waals surface area (Å²) in [4.78, 5) is 19.4. The van der Waals surface area contributed by atoms with Crippen molar-refractivity contribution in [2.45, 2.75) is 68.8 Å². The van der Waals surface area contributed by atoms with Crippen molar-refractivity contribution >= 4 is 17.7 Å². The molecule has 1 atom stereocenters. The van der Waals surface area contributed by atoms with E-state index in [-0.39, 0.29) is 11.2 Å². The molecular weight excluding hydrogens is 356 g/mol. The Labute approximate surface area is 165 Å². The van der Waals surface area contributed by atoms with Crippen molar-refractivity contribution in [3.05, 3.63) is 41.2 Å². The van der Waals surface area contributed by atoms with Gasteiger partial charge in [-0.15, -0.1) is 5.10 Å². The maximum absolute atomic E-state index is 12.9. The fraction of sp³-hybridized carbons (Fsp3) is 0.571. The van der Waals surface area contributed by atoms with Crippen LogP contribution in [0.5, 0.6) is 0 Å². The second-order valence-electron chi connectivity index (χ2n) is 7.79. The summed E-state index contributed by atoms with van der Waals surface area (Å²) in [5.74, 6) is 1.98. The van der Waals surface area contributed by atoms with Gasteiger partial charge in [0, 0.05) is 19.5 Å². The van der Waals surface area contributed by atoms with E-state index in [9.17, 15) is 4.79 Å². The number of hydrogen-bond donors (Lipinski definition) is 1. The monoisotopic (exact) mass is 384 g/mol. The number of aromatic amines is 1. The summed E-state index contributed by atoms with van der Waals surface area (Å²) in [6.07, 6.45) is 8.57. The van der Waals surface area contributed by atoms with E-state index in [4.69, 9.17) is 0 Å². The van der Waals surface area contributed by atoms with E-state index in [1.54, 1.807) is 0 Å². The number of nitrogens with one attached hydrogen (secondary N) is 1. The van der Waals surface area contributed by atoms with Crippen LogP contribution in [0.1, 0.15) is 56.0 Å². The van der Waals surface area contributed by atoms with Gasteiger partial charge in [0.15, 0.2) is 0 Å². The quantitative estimate of drug-likeness (QED) is 0.765. The van der Waals surface area contributed by atoms with E-state index >= 15 is 0 Å². The van der Waals surface area contributed by atoms with E-state index in [0.717, 1.165) is 31.1 Å². The molecule has 1 N–H and O–H groups in total. The Morgan fingerprint density at radius 3 is 2.89 bits per heavy atom. The SMILES string of the molecule is C[C@@H](Sc1n[nH]c(CCC2CCCC2)n1)C(=O)N1CCc2ccccc2C1. The Balaban J connectivity index is 1.30. The Morgan fingerprint density at radius 2 is 2.07 bits per heavy atom. The van der Waals surface area contributed by atoms with E-state index in [2.05, 4.69) is 33.4 Å². The summed E-state index contributed by atoms with van der Waals surface area (Å²) in [5.41, 5.74) is 2.63. The highest BCUT2D eigenvalue weighted by Gasteiger charge is 2.26. The summed E-state index contributed by atoms with van der Waals surface area (Å²) in [7, 11) is 0. The van der Waals surface area contributed by atoms with Gasteiger partial charge in [-0.25, -0.2) is 4.98 Å². The van der Waals surface area contributed by atoms with Crippen LogP contribution in [0.25, 0.3) is 0 Å². The van der Waals surface area contributed by atoms with E-state index in [0.29, 0.717) is 11.7 Å². The van der Waals surface area contributed by atoms with E-state index in [1.807, 2.05) is 17.9 Å². The number of nitrogens with zero attached hydrogens (tertiary/aromatic N) is 3. The zero-order valence-electron chi connectivity index (χ0n) is 16.0. The highest BCUT2D eigenvalue weighted by molar-refractivity contribution is 8.00. The van der Waals surface area contributed by atoms with Gasteiger partial charge in [0.1, 0.15) is 5.82 Å². The minimum Gasteiger partial charge on any atom is -0.337 e. The lowest BCUT2D eigenvalue weighted by atomic mass is 10.00. The first kappa shape index (κ1) is 18.5. The van der Waals surface area contributed by atoms with Crippen molar-refractivity contribution in [3.63, 3.8) is 0 Å². The highest BCUT2D eigenvalue weighted by atomic mass is 32.2. The predicted molar refractivity (Wildman–Crippen MR) is 108 cm³/mol. The molecule has 1 fully saturated rings. The zero-order chi connectivity index (χ0) is 18.6. The fourth-order valence-electron chi connectivity index (χ4n) is 4.23. The van der Waals surface area contributed by atoms with Gasteiger partial charge in [-0.2, -0.15) is 0 Å². The number of benzene rings is 1. The van der Waals surface area contributed by atoms with Gasteiger partial charge in [-0.1, -0.05) is 61.7 Å². The standard InChI is InChI=1S/C21H28N4OS/c1-15(20(26)25-13-12-17-8-4-5-9-18(17)14-25)27-21-22-19(23-24-21)11-10-16-6-2-3-7-16/h4-5,8-9,15-16H,2-3,6-7,10-14H2,1H3,(H,22,23,24)/t15-/m1/s1. The van der Waals surface area contributed by atoms with Crippen molar-refractivity contribution in [3.8, 4) is 0 Å². The van der Waals surface area contributed by atoms with Crippen molar-refractivity contribution in [1.82, 2.24) is 20.1 Å². The summed E-state index contributed by atoms with van der Waals surface area (Å²) in [6.45, 7) is 3.46. The number of aryl methyl sites for hydroxylation is 1. The van der Waals surface area contributed by atoms with Crippen molar-refractivity contribution < 1.29 is 4.79 Å². The molecule has 0 radical (unpaired) electrons. The third-order valence-corrected chi connectivity index (χ3v) is 6.80. The van der Waals surface area contributed by atoms with Gasteiger partial charge in [-0.05, 0) is 36.8 Å². The molecule has 27 heavy (non-hydrogen) atoms. The number of carbonyl (C=O) groups is 1. The summed E-state index contributed by atoms with van der Waals surface area (Å²) < 4.78 is 0. The van der Waals surface area contributed by atoms with Gasteiger partial charge in [0.25, 0.3) is 0 Å². The van der Waals surface area contributed by atoms with Gasteiger partial charge >= 0.3 is 0 Å². The van der Waals surface area contributed by atoms with Crippen LogP contribution in [0.3, 0.4) is 0 Å². The van der Waals surface area contributed by atoms with Crippen LogP contribution in [0.2, 0.25) is 0 Å². The minimum absolute atomic E-state index is 0.172. The molecule has 0 spiro atoms. The van der Waals surface area contributed by atoms with Crippen LogP contribution in [0.15, 0.2) is 29.4 Å². The summed E-state index contributed by atoms with van der Waals surface area (Å²) >= 11 is 1.46. The first-order valence-corrected chi connectivity index (χ1v) is 11.0. The normalized spacial score (nSPS) is 18.5. The van der Waals surface area contributed by atoms with Crippen molar-refractivity contribution in [1.29, 1.82) is 0 Å². The number of hydrogen-bond acceptors (Lipinski definition) is 4. The van der Waals surface area contributed by atoms with Crippen molar-refractivity contribution in [2.24, 2.45) is 5.92 Å². The van der Waals surface area contributed by atoms with Crippen LogP contribution < -0.4 is 0 Å². The number of H-pyrrole nitrogens is 1. The number of carbonyl (C=O) groups excluding carboxylic acids is 1. The molecule has 1 aliphatic heterocycles. The van der Waals surface area contributed by atoms with Crippen molar-refractivity contribution in [2.75, 3.05) is 6.54 Å². The Kier molecular flexibility index (Phi) is 5.81. The lowest BCUT2D eigenvalue weighted by molar-refractivity contribution is -0.131. The first-order chi connectivity index (χ1) is 13.2. The number of amides is 1. The molecule has 1 saturated carbocycles. The Morgan fingerprint density at radius 1 is 1.30 bits per heavy atom. The van der Waals surface area contributed by atoms with E-state index in [1.165, 1.54) is 55.0 Å². The third-order valence-electron chi connectivity index (χ3n) is 5.85. The molecule has 0 bridgehead atoms. The molecule has 144 valence electrons. The van der Waals surface area contributed by atoms with Gasteiger partial charge in [0.05, 0.1) is 5.25 Å². The highest BCUT2D eigenvalue weighted by Crippen LogP contribution is 2.29. The summed E-state index contributed by atoms with van der Waals surface area (Å²) in [5, 5.41) is 7.90. The zero-order valence-corrected chi connectivity index (χ0v) is 16.8. The number of fused-ring (bicyclic) bond motifs is 1. The molecule has 2 aliphatic rings.